The summed E-state index contributed by atoms with van der Waals surface area (Å²) in [6, 6.07) is 0. The van der Waals surface area contributed by atoms with E-state index >= 15 is 0 Å². The number of nitrogens with zero attached hydrogens (tertiary/aromatic N) is 1. The molecule has 2 nitrogen and oxygen atoms in total. The summed E-state index contributed by atoms with van der Waals surface area (Å²) >= 11 is 0. The molecule has 0 aromatic heterocycles. The average Bonchev–Trinajstić information content (AvgIpc) is 2.87. The van der Waals surface area contributed by atoms with Crippen LogP contribution in [-0.4, -0.2) is 31.6 Å². The Hall–Kier alpha value is -0.852. The number of nitrogens with one attached hydrogen (secondary N) is 1. The molecule has 0 atom stereocenters. The first-order valence-corrected chi connectivity index (χ1v) is 7.82. The molecule has 0 aromatic rings. The van der Waals surface area contributed by atoms with Crippen LogP contribution in [0.15, 0.2) is 60.4 Å². The molecule has 3 heteroatoms. The Kier molecular flexibility index (Phi) is 14.7. The molecule has 0 aliphatic heterocycles. The van der Waals surface area contributed by atoms with Crippen molar-refractivity contribution in [2.75, 3.05) is 26.7 Å². The first-order chi connectivity index (χ1) is 10.1. The molecule has 1 rings (SSSR count). The van der Waals surface area contributed by atoms with Crippen LogP contribution < -0.4 is 5.32 Å². The molecular weight excluding hydrogens is 440 g/mol. The van der Waals surface area contributed by atoms with Gasteiger partial charge in [-0.15, -0.1) is 0 Å². The van der Waals surface area contributed by atoms with Crippen LogP contribution in [0.2, 0.25) is 0 Å². The Morgan fingerprint density at radius 1 is 1.32 bits per heavy atom. The Labute approximate surface area is 152 Å². The van der Waals surface area contributed by atoms with E-state index in [0.29, 0.717) is 0 Å². The number of hydrogen-bond donors (Lipinski definition) is 1. The van der Waals surface area contributed by atoms with E-state index in [1.54, 1.807) is 0 Å². The first-order valence-electron chi connectivity index (χ1n) is 7.82. The first kappa shape index (κ1) is 23.4. The van der Waals surface area contributed by atoms with Crippen molar-refractivity contribution in [1.82, 2.24) is 10.2 Å². The van der Waals surface area contributed by atoms with Crippen molar-refractivity contribution < 1.29 is 21.1 Å². The fourth-order valence-corrected chi connectivity index (χ4v) is 2.27. The fourth-order valence-electron chi connectivity index (χ4n) is 2.27. The molecule has 0 amide bonds. The van der Waals surface area contributed by atoms with Crippen molar-refractivity contribution in [2.45, 2.75) is 33.6 Å². The summed E-state index contributed by atoms with van der Waals surface area (Å²) in [5, 5.41) is 3.26. The van der Waals surface area contributed by atoms with Crippen LogP contribution in [0.1, 0.15) is 33.6 Å². The van der Waals surface area contributed by atoms with Crippen LogP contribution in [0.4, 0.5) is 0 Å². The molecule has 0 unspecified atom stereocenters. The predicted octanol–water partition coefficient (Wildman–Crippen LogP) is 4.45. The van der Waals surface area contributed by atoms with Gasteiger partial charge in [0.15, 0.2) is 0 Å². The third kappa shape index (κ3) is 9.22. The Balaban J connectivity index is 0. The van der Waals surface area contributed by atoms with Crippen molar-refractivity contribution >= 4 is 0 Å². The zero-order valence-corrected chi connectivity index (χ0v) is 17.7. The second-order valence-electron chi connectivity index (χ2n) is 5.17. The molecule has 1 N–H and O–H groups in total. The van der Waals surface area contributed by atoms with Crippen molar-refractivity contribution in [1.29, 1.82) is 0 Å². The second-order valence-corrected chi connectivity index (χ2v) is 5.17. The molecule has 22 heavy (non-hydrogen) atoms. The van der Waals surface area contributed by atoms with Crippen LogP contribution in [-0.2, 0) is 21.1 Å². The molecule has 0 saturated carbocycles. The molecule has 0 fully saturated rings. The van der Waals surface area contributed by atoms with Crippen LogP contribution in [0.3, 0.4) is 0 Å². The quantitative estimate of drug-likeness (QED) is 0.499. The molecular formula is C19H32N2W. The third-order valence-electron chi connectivity index (χ3n) is 3.23. The minimum atomic E-state index is 0. The number of rotatable bonds is 9. The van der Waals surface area contributed by atoms with Crippen molar-refractivity contribution in [2.24, 2.45) is 0 Å². The summed E-state index contributed by atoms with van der Waals surface area (Å²) < 4.78 is 0. The van der Waals surface area contributed by atoms with Crippen LogP contribution in [0, 0.1) is 0 Å². The molecule has 1 aliphatic rings. The van der Waals surface area contributed by atoms with Gasteiger partial charge in [-0.25, -0.2) is 0 Å². The summed E-state index contributed by atoms with van der Waals surface area (Å²) in [5.41, 5.74) is 5.00. The van der Waals surface area contributed by atoms with Crippen molar-refractivity contribution in [3.05, 3.63) is 60.4 Å². The van der Waals surface area contributed by atoms with Crippen LogP contribution in [0.25, 0.3) is 0 Å². The van der Waals surface area contributed by atoms with Gasteiger partial charge in [-0.05, 0) is 44.5 Å². The van der Waals surface area contributed by atoms with Gasteiger partial charge in [-0.2, -0.15) is 0 Å². The Bertz CT molecular complexity index is 419. The van der Waals surface area contributed by atoms with E-state index < -0.39 is 0 Å². The van der Waals surface area contributed by atoms with E-state index in [1.807, 2.05) is 32.9 Å². The maximum absolute atomic E-state index is 3.86. The minimum absolute atomic E-state index is 0. The van der Waals surface area contributed by atoms with Crippen molar-refractivity contribution in [3.63, 3.8) is 0 Å². The average molecular weight is 472 g/mol. The number of allylic oxidation sites excluding steroid dienone is 6. The standard InChI is InChI=1S/C17H26N2.C2H6.W/c1-6-16-11-15(12-17(16)7-2)13-19(5)10-8-9-18-14(3)4;1-2;/h6-7,11,18H,1-3,8-10,12-13H2,4-5H3;1-2H3;. The molecule has 0 aromatic carbocycles. The van der Waals surface area contributed by atoms with Gasteiger partial charge in [0.2, 0.25) is 0 Å². The molecule has 124 valence electrons. The maximum Gasteiger partial charge on any atom is 0.0196 e. The minimum Gasteiger partial charge on any atom is -0.389 e. The predicted molar refractivity (Wildman–Crippen MR) is 96.4 cm³/mol. The molecule has 1 aliphatic carbocycles. The van der Waals surface area contributed by atoms with E-state index in [1.165, 1.54) is 16.7 Å². The Morgan fingerprint density at radius 2 is 1.95 bits per heavy atom. The molecule has 0 saturated heterocycles. The summed E-state index contributed by atoms with van der Waals surface area (Å²) in [6.07, 6.45) is 8.25. The van der Waals surface area contributed by atoms with E-state index in [-0.39, 0.29) is 21.1 Å². The van der Waals surface area contributed by atoms with Gasteiger partial charge in [-0.3, -0.25) is 0 Å². The maximum atomic E-state index is 3.86. The largest absolute Gasteiger partial charge is 0.389 e. The number of hydrogen-bond acceptors (Lipinski definition) is 2. The SMILES string of the molecule is C=CC1=C(C=C)CC(CN(C)CCCNC(=C)C)=C1.CC.[W]. The topological polar surface area (TPSA) is 15.3 Å². The van der Waals surface area contributed by atoms with Gasteiger partial charge >= 0.3 is 0 Å². The van der Waals surface area contributed by atoms with Crippen LogP contribution >= 0.6 is 0 Å². The summed E-state index contributed by atoms with van der Waals surface area (Å²) in [6.45, 7) is 20.6. The normalized spacial score (nSPS) is 12.9. The van der Waals surface area contributed by atoms with Gasteiger partial charge in [0.1, 0.15) is 0 Å². The second kappa shape index (κ2) is 13.8. The van der Waals surface area contributed by atoms with E-state index in [0.717, 1.165) is 38.2 Å². The van der Waals surface area contributed by atoms with E-state index in [2.05, 4.69) is 43.1 Å². The number of likely N-dealkylation sites (N-methyl/N-ethyl adjacent to an activating group) is 1. The Morgan fingerprint density at radius 3 is 2.41 bits per heavy atom. The van der Waals surface area contributed by atoms with Crippen LogP contribution in [0.5, 0.6) is 0 Å². The summed E-state index contributed by atoms with van der Waals surface area (Å²) in [7, 11) is 2.17. The van der Waals surface area contributed by atoms with E-state index in [4.69, 9.17) is 0 Å². The van der Waals surface area contributed by atoms with Gasteiger partial charge in [0.05, 0.1) is 0 Å². The van der Waals surface area contributed by atoms with Crippen molar-refractivity contribution in [3.8, 4) is 0 Å². The summed E-state index contributed by atoms with van der Waals surface area (Å²) in [4.78, 5) is 2.36. The summed E-state index contributed by atoms with van der Waals surface area (Å²) in [5.74, 6) is 0. The van der Waals surface area contributed by atoms with Gasteiger partial charge < -0.3 is 10.2 Å². The van der Waals surface area contributed by atoms with E-state index in [9.17, 15) is 0 Å². The van der Waals surface area contributed by atoms with Gasteiger partial charge in [-0.1, -0.05) is 57.4 Å². The zero-order chi connectivity index (χ0) is 16.3. The van der Waals surface area contributed by atoms with Gasteiger partial charge in [0, 0.05) is 39.9 Å². The monoisotopic (exact) mass is 472 g/mol. The smallest absolute Gasteiger partial charge is 0.0196 e. The molecule has 0 bridgehead atoms. The van der Waals surface area contributed by atoms with Gasteiger partial charge in [0.25, 0.3) is 0 Å². The fraction of sp³-hybridized carbons (Fsp3) is 0.474. The third-order valence-corrected chi connectivity index (χ3v) is 3.23. The molecule has 0 radical (unpaired) electrons. The molecule has 0 spiro atoms. The zero-order valence-electron chi connectivity index (χ0n) is 14.7. The molecule has 0 heterocycles.